The molecule has 1 aromatic heterocycles. The fourth-order valence-corrected chi connectivity index (χ4v) is 3.56. The molecule has 2 heterocycles. The van der Waals surface area contributed by atoms with Gasteiger partial charge in [-0.15, -0.1) is 0 Å². The standard InChI is InChI=1S/C23H24N6O/c24-15-18-14-19(7-8-20(18)25)27-21-9-10-26-22(28-21)16-5-4-6-17(13-16)23(30)29-11-2-1-3-12-29/h4-10,13-15,24H,1-3,11-12,25H2,(H,26,27,28). The Labute approximate surface area is 175 Å². The molecule has 30 heavy (non-hydrogen) atoms. The number of anilines is 3. The van der Waals surface area contributed by atoms with Crippen LogP contribution in [0.25, 0.3) is 11.4 Å². The van der Waals surface area contributed by atoms with Gasteiger partial charge in [0, 0.05) is 53.6 Å². The van der Waals surface area contributed by atoms with E-state index in [1.165, 1.54) is 12.6 Å². The van der Waals surface area contributed by atoms with E-state index in [4.69, 9.17) is 11.1 Å². The van der Waals surface area contributed by atoms with Crippen LogP contribution in [0.5, 0.6) is 0 Å². The van der Waals surface area contributed by atoms with Crippen molar-refractivity contribution >= 4 is 29.3 Å². The van der Waals surface area contributed by atoms with Gasteiger partial charge in [0.1, 0.15) is 5.82 Å². The van der Waals surface area contributed by atoms with Crippen molar-refractivity contribution in [1.82, 2.24) is 14.9 Å². The Hall–Kier alpha value is -3.74. The average molecular weight is 400 g/mol. The minimum Gasteiger partial charge on any atom is -0.398 e. The number of hydrogen-bond donors (Lipinski definition) is 3. The second-order valence-electron chi connectivity index (χ2n) is 7.31. The molecule has 3 aromatic rings. The lowest BCUT2D eigenvalue weighted by Gasteiger charge is -2.26. The van der Waals surface area contributed by atoms with Crippen LogP contribution in [-0.4, -0.2) is 40.1 Å². The minimum absolute atomic E-state index is 0.0619. The molecule has 7 nitrogen and oxygen atoms in total. The van der Waals surface area contributed by atoms with Crippen LogP contribution in [0.1, 0.15) is 35.2 Å². The molecule has 1 saturated heterocycles. The van der Waals surface area contributed by atoms with Gasteiger partial charge in [-0.25, -0.2) is 9.97 Å². The summed E-state index contributed by atoms with van der Waals surface area (Å²) in [6.45, 7) is 1.64. The van der Waals surface area contributed by atoms with Gasteiger partial charge in [-0.2, -0.15) is 0 Å². The predicted molar refractivity (Wildman–Crippen MR) is 119 cm³/mol. The highest BCUT2D eigenvalue weighted by Crippen LogP contribution is 2.23. The maximum absolute atomic E-state index is 12.8. The van der Waals surface area contributed by atoms with Crippen LogP contribution in [0, 0.1) is 5.41 Å². The average Bonchev–Trinajstić information content (AvgIpc) is 2.80. The zero-order chi connectivity index (χ0) is 20.9. The predicted octanol–water partition coefficient (Wildman–Crippen LogP) is 4.09. The number of carbonyl (C=O) groups excluding carboxylic acids is 1. The van der Waals surface area contributed by atoms with Gasteiger partial charge in [-0.05, 0) is 55.7 Å². The van der Waals surface area contributed by atoms with Crippen molar-refractivity contribution in [3.63, 3.8) is 0 Å². The van der Waals surface area contributed by atoms with Gasteiger partial charge in [0.2, 0.25) is 0 Å². The van der Waals surface area contributed by atoms with Gasteiger partial charge >= 0.3 is 0 Å². The number of aromatic nitrogens is 2. The summed E-state index contributed by atoms with van der Waals surface area (Å²) in [6, 6.07) is 14.6. The second kappa shape index (κ2) is 8.73. The Morgan fingerprint density at radius 3 is 2.73 bits per heavy atom. The Bertz CT molecular complexity index is 1070. The summed E-state index contributed by atoms with van der Waals surface area (Å²) >= 11 is 0. The van der Waals surface area contributed by atoms with E-state index in [1.54, 1.807) is 24.4 Å². The van der Waals surface area contributed by atoms with Crippen LogP contribution in [0.3, 0.4) is 0 Å². The summed E-state index contributed by atoms with van der Waals surface area (Å²) in [4.78, 5) is 23.7. The number of likely N-dealkylation sites (tertiary alicyclic amines) is 1. The van der Waals surface area contributed by atoms with E-state index in [2.05, 4.69) is 15.3 Å². The first kappa shape index (κ1) is 19.6. The molecule has 1 aliphatic heterocycles. The number of nitrogen functional groups attached to an aromatic ring is 1. The fraction of sp³-hybridized carbons (Fsp3) is 0.217. The zero-order valence-electron chi connectivity index (χ0n) is 16.6. The fourth-order valence-electron chi connectivity index (χ4n) is 3.56. The first-order chi connectivity index (χ1) is 14.6. The Balaban J connectivity index is 1.56. The lowest BCUT2D eigenvalue weighted by molar-refractivity contribution is 0.0724. The van der Waals surface area contributed by atoms with Gasteiger partial charge in [0.25, 0.3) is 5.91 Å². The maximum atomic E-state index is 12.8. The molecule has 1 fully saturated rings. The Morgan fingerprint density at radius 2 is 1.93 bits per heavy atom. The molecule has 7 heteroatoms. The lowest BCUT2D eigenvalue weighted by atomic mass is 10.1. The van der Waals surface area contributed by atoms with Crippen molar-refractivity contribution in [2.45, 2.75) is 19.3 Å². The number of nitrogens with one attached hydrogen (secondary N) is 2. The topological polar surface area (TPSA) is 108 Å². The third kappa shape index (κ3) is 4.30. The lowest BCUT2D eigenvalue weighted by Crippen LogP contribution is -2.35. The highest BCUT2D eigenvalue weighted by molar-refractivity contribution is 5.95. The van der Waals surface area contributed by atoms with E-state index in [1.807, 2.05) is 35.2 Å². The summed E-state index contributed by atoms with van der Waals surface area (Å²) in [5.74, 6) is 1.22. The largest absolute Gasteiger partial charge is 0.398 e. The van der Waals surface area contributed by atoms with Crippen LogP contribution in [0.4, 0.5) is 17.2 Å². The van der Waals surface area contributed by atoms with E-state index >= 15 is 0 Å². The molecule has 0 saturated carbocycles. The van der Waals surface area contributed by atoms with E-state index in [0.717, 1.165) is 37.2 Å². The zero-order valence-corrected chi connectivity index (χ0v) is 16.6. The summed E-state index contributed by atoms with van der Waals surface area (Å²) in [5.41, 5.74) is 9.27. The third-order valence-corrected chi connectivity index (χ3v) is 5.18. The number of nitrogens with zero attached hydrogens (tertiary/aromatic N) is 3. The van der Waals surface area contributed by atoms with Crippen molar-refractivity contribution < 1.29 is 4.79 Å². The number of piperidine rings is 1. The van der Waals surface area contributed by atoms with Crippen molar-refractivity contribution in [1.29, 1.82) is 5.41 Å². The van der Waals surface area contributed by atoms with E-state index in [9.17, 15) is 4.79 Å². The number of amides is 1. The highest BCUT2D eigenvalue weighted by Gasteiger charge is 2.18. The molecular formula is C23H24N6O. The highest BCUT2D eigenvalue weighted by atomic mass is 16.2. The molecule has 0 bridgehead atoms. The molecular weight excluding hydrogens is 376 g/mol. The molecule has 1 amide bonds. The molecule has 0 atom stereocenters. The van der Waals surface area contributed by atoms with Gasteiger partial charge in [0.05, 0.1) is 0 Å². The number of carbonyl (C=O) groups is 1. The molecule has 0 unspecified atom stereocenters. The number of rotatable bonds is 5. The number of hydrogen-bond acceptors (Lipinski definition) is 6. The van der Waals surface area contributed by atoms with Gasteiger partial charge < -0.3 is 21.4 Å². The van der Waals surface area contributed by atoms with Crippen LogP contribution < -0.4 is 11.1 Å². The normalized spacial score (nSPS) is 13.7. The van der Waals surface area contributed by atoms with Crippen molar-refractivity contribution in [3.8, 4) is 11.4 Å². The van der Waals surface area contributed by atoms with Crippen molar-refractivity contribution in [3.05, 3.63) is 65.9 Å². The van der Waals surface area contributed by atoms with Crippen LogP contribution in [0.2, 0.25) is 0 Å². The Kier molecular flexibility index (Phi) is 5.70. The summed E-state index contributed by atoms with van der Waals surface area (Å²) < 4.78 is 0. The minimum atomic E-state index is 0.0619. The Morgan fingerprint density at radius 1 is 1.10 bits per heavy atom. The van der Waals surface area contributed by atoms with Gasteiger partial charge in [-0.1, -0.05) is 12.1 Å². The SMILES string of the molecule is N=Cc1cc(Nc2ccnc(-c3cccc(C(=O)N4CCCCC4)c3)n2)ccc1N. The molecule has 0 aliphatic carbocycles. The molecule has 2 aromatic carbocycles. The van der Waals surface area contributed by atoms with Crippen LogP contribution in [0.15, 0.2) is 54.7 Å². The van der Waals surface area contributed by atoms with Crippen LogP contribution >= 0.6 is 0 Å². The van der Waals surface area contributed by atoms with Crippen molar-refractivity contribution in [2.75, 3.05) is 24.1 Å². The first-order valence-electron chi connectivity index (χ1n) is 10.0. The van der Waals surface area contributed by atoms with E-state index < -0.39 is 0 Å². The summed E-state index contributed by atoms with van der Waals surface area (Å²) in [7, 11) is 0. The smallest absolute Gasteiger partial charge is 0.253 e. The van der Waals surface area contributed by atoms with Gasteiger partial charge in [0.15, 0.2) is 5.82 Å². The molecule has 4 N–H and O–H groups in total. The number of nitrogens with two attached hydrogens (primary N) is 1. The van der Waals surface area contributed by atoms with E-state index in [-0.39, 0.29) is 5.91 Å². The first-order valence-corrected chi connectivity index (χ1v) is 10.0. The summed E-state index contributed by atoms with van der Waals surface area (Å²) in [5, 5.41) is 10.7. The molecule has 0 spiro atoms. The molecule has 152 valence electrons. The number of benzene rings is 2. The summed E-state index contributed by atoms with van der Waals surface area (Å²) in [6.07, 6.45) is 6.21. The quantitative estimate of drug-likeness (QED) is 0.441. The van der Waals surface area contributed by atoms with E-state index in [0.29, 0.717) is 28.5 Å². The molecule has 0 radical (unpaired) electrons. The van der Waals surface area contributed by atoms with Crippen LogP contribution in [-0.2, 0) is 0 Å². The third-order valence-electron chi connectivity index (χ3n) is 5.18. The molecule has 1 aliphatic rings. The monoisotopic (exact) mass is 400 g/mol. The maximum Gasteiger partial charge on any atom is 0.253 e. The molecule has 4 rings (SSSR count). The van der Waals surface area contributed by atoms with Crippen molar-refractivity contribution in [2.24, 2.45) is 0 Å². The van der Waals surface area contributed by atoms with Gasteiger partial charge in [-0.3, -0.25) is 4.79 Å². The second-order valence-corrected chi connectivity index (χ2v) is 7.31.